The van der Waals surface area contributed by atoms with Crippen molar-refractivity contribution in [1.82, 2.24) is 21.1 Å². The molecule has 0 radical (unpaired) electrons. The minimum atomic E-state index is -1.74. The first-order valence-electron chi connectivity index (χ1n) is 11.8. The highest BCUT2D eigenvalue weighted by Crippen LogP contribution is 2.27. The smallest absolute Gasteiger partial charge is 0.325 e. The zero-order valence-electron chi connectivity index (χ0n) is 21.5. The molecule has 1 unspecified atom stereocenters. The number of hydrazine groups is 1. The summed E-state index contributed by atoms with van der Waals surface area (Å²) in [6, 6.07) is -1.73. The zero-order valence-corrected chi connectivity index (χ0v) is 23.8. The van der Waals surface area contributed by atoms with Crippen LogP contribution in [-0.4, -0.2) is 57.7 Å². The maximum Gasteiger partial charge on any atom is 0.325 e. The van der Waals surface area contributed by atoms with Gasteiger partial charge in [0.25, 0.3) is 11.8 Å². The molecule has 0 bridgehead atoms. The largest absolute Gasteiger partial charge is 0.460 e. The van der Waals surface area contributed by atoms with Crippen LogP contribution < -0.4 is 16.1 Å². The van der Waals surface area contributed by atoms with E-state index in [1.165, 1.54) is 11.9 Å². The molecule has 0 saturated carbocycles. The number of carbonyl (C=O) groups excluding carboxylic acids is 4. The van der Waals surface area contributed by atoms with Crippen LogP contribution in [0.3, 0.4) is 0 Å². The maximum absolute atomic E-state index is 12.9. The van der Waals surface area contributed by atoms with Crippen molar-refractivity contribution in [1.29, 1.82) is 0 Å². The second kappa shape index (κ2) is 14.2. The summed E-state index contributed by atoms with van der Waals surface area (Å²) in [4.78, 5) is 50.6. The van der Waals surface area contributed by atoms with Crippen LogP contribution in [0.2, 0.25) is 0 Å². The highest BCUT2D eigenvalue weighted by molar-refractivity contribution is 6.67. The molecular formula is C24H37Cl3N4O5. The standard InChI is InChI=1S/C24H37Cl3N4O5/c1-7-11-23(5,6)12-10-18(32)29-19(15(2)3)20(33)28-16(4)21(34)31-13-8-9-17(30-31)22(35)36-14-24(25,26)27/h7,16-17,30H,1,8-14H2,2-6H3,(H,28,33)(H,29,32)/t16-,17?/m0/s1. The summed E-state index contributed by atoms with van der Waals surface area (Å²) in [5.74, 6) is -1.97. The van der Waals surface area contributed by atoms with Gasteiger partial charge in [-0.2, -0.15) is 0 Å². The van der Waals surface area contributed by atoms with E-state index in [0.29, 0.717) is 31.4 Å². The number of allylic oxidation sites excluding steroid dienone is 2. The fourth-order valence-electron chi connectivity index (χ4n) is 3.49. The van der Waals surface area contributed by atoms with Crippen molar-refractivity contribution in [3.05, 3.63) is 23.9 Å². The van der Waals surface area contributed by atoms with Crippen LogP contribution in [0.5, 0.6) is 0 Å². The van der Waals surface area contributed by atoms with Crippen LogP contribution in [0.4, 0.5) is 0 Å². The van der Waals surface area contributed by atoms with Gasteiger partial charge in [-0.3, -0.25) is 24.2 Å². The fraction of sp³-hybridized carbons (Fsp3) is 0.667. The number of esters is 1. The van der Waals surface area contributed by atoms with Crippen molar-refractivity contribution >= 4 is 58.5 Å². The molecule has 1 saturated heterocycles. The van der Waals surface area contributed by atoms with E-state index in [-0.39, 0.29) is 23.4 Å². The number of hydrogen-bond acceptors (Lipinski definition) is 6. The van der Waals surface area contributed by atoms with E-state index in [4.69, 9.17) is 39.5 Å². The summed E-state index contributed by atoms with van der Waals surface area (Å²) in [7, 11) is 0. The Morgan fingerprint density at radius 1 is 1.22 bits per heavy atom. The van der Waals surface area contributed by atoms with Gasteiger partial charge in [0.05, 0.1) is 0 Å². The second-order valence-electron chi connectivity index (χ2n) is 9.81. The quantitative estimate of drug-likeness (QED) is 0.152. The van der Waals surface area contributed by atoms with Crippen LogP contribution in [0, 0.1) is 5.41 Å². The van der Waals surface area contributed by atoms with Crippen molar-refractivity contribution in [2.75, 3.05) is 13.2 Å². The van der Waals surface area contributed by atoms with Crippen molar-refractivity contribution in [3.63, 3.8) is 0 Å². The third kappa shape index (κ3) is 11.5. The van der Waals surface area contributed by atoms with E-state index in [1.807, 2.05) is 19.9 Å². The lowest BCUT2D eigenvalue weighted by molar-refractivity contribution is -0.152. The molecule has 0 spiro atoms. The summed E-state index contributed by atoms with van der Waals surface area (Å²) in [5, 5.41) is 6.55. The average Bonchev–Trinajstić information content (AvgIpc) is 2.78. The Labute approximate surface area is 228 Å². The minimum Gasteiger partial charge on any atom is -0.460 e. The molecule has 0 aromatic heterocycles. The Bertz CT molecular complexity index is 866. The summed E-state index contributed by atoms with van der Waals surface area (Å²) in [5.41, 5.74) is 3.42. The van der Waals surface area contributed by atoms with Gasteiger partial charge in [0.2, 0.25) is 9.70 Å². The molecule has 3 N–H and O–H groups in total. The first-order valence-corrected chi connectivity index (χ1v) is 12.9. The fourth-order valence-corrected chi connectivity index (χ4v) is 3.65. The molecule has 0 aromatic rings. The molecule has 2 atom stereocenters. The molecule has 1 rings (SSSR count). The normalized spacial score (nSPS) is 17.0. The maximum atomic E-state index is 12.9. The lowest BCUT2D eigenvalue weighted by Crippen LogP contribution is -2.59. The van der Waals surface area contributed by atoms with Gasteiger partial charge in [-0.25, -0.2) is 5.43 Å². The Morgan fingerprint density at radius 2 is 1.86 bits per heavy atom. The number of nitrogens with one attached hydrogen (secondary N) is 3. The third-order valence-corrected chi connectivity index (χ3v) is 5.88. The molecule has 1 aliphatic heterocycles. The minimum absolute atomic E-state index is 0.0831. The number of ether oxygens (including phenoxy) is 1. The zero-order chi connectivity index (χ0) is 27.7. The molecule has 1 fully saturated rings. The van der Waals surface area contributed by atoms with Gasteiger partial charge in [0.1, 0.15) is 24.4 Å². The lowest BCUT2D eigenvalue weighted by Gasteiger charge is -2.34. The monoisotopic (exact) mass is 566 g/mol. The highest BCUT2D eigenvalue weighted by atomic mass is 35.6. The number of amides is 3. The molecule has 1 heterocycles. The number of hydrogen-bond donors (Lipinski definition) is 3. The molecule has 36 heavy (non-hydrogen) atoms. The first-order chi connectivity index (χ1) is 16.6. The molecule has 0 aliphatic carbocycles. The third-order valence-electron chi connectivity index (χ3n) is 5.55. The molecule has 1 aliphatic rings. The van der Waals surface area contributed by atoms with E-state index < -0.39 is 40.3 Å². The van der Waals surface area contributed by atoms with Gasteiger partial charge in [0.15, 0.2) is 0 Å². The summed E-state index contributed by atoms with van der Waals surface area (Å²) < 4.78 is 3.25. The molecule has 12 heteroatoms. The van der Waals surface area contributed by atoms with Gasteiger partial charge < -0.3 is 15.4 Å². The lowest BCUT2D eigenvalue weighted by atomic mass is 9.84. The Kier molecular flexibility index (Phi) is 12.7. The van der Waals surface area contributed by atoms with E-state index in [9.17, 15) is 19.2 Å². The number of halogens is 3. The Balaban J connectivity index is 2.70. The van der Waals surface area contributed by atoms with Crippen LogP contribution in [0.15, 0.2) is 23.9 Å². The van der Waals surface area contributed by atoms with Gasteiger partial charge >= 0.3 is 5.97 Å². The van der Waals surface area contributed by atoms with Gasteiger partial charge in [-0.1, -0.05) is 54.7 Å². The number of carbonyl (C=O) groups is 4. The average molecular weight is 568 g/mol. The van der Waals surface area contributed by atoms with Crippen molar-refractivity contribution in [3.8, 4) is 0 Å². The van der Waals surface area contributed by atoms with Gasteiger partial charge in [0, 0.05) is 13.0 Å². The topological polar surface area (TPSA) is 117 Å². The van der Waals surface area contributed by atoms with E-state index in [2.05, 4.69) is 22.6 Å². The van der Waals surface area contributed by atoms with E-state index in [1.54, 1.807) is 13.8 Å². The van der Waals surface area contributed by atoms with Crippen molar-refractivity contribution < 1.29 is 23.9 Å². The SMILES string of the molecule is C=CCC(C)(C)CCC(=O)NC(C(=O)N[C@@H](C)C(=O)N1CCCC(C(=O)OCC(Cl)(Cl)Cl)N1)=C(C)C. The van der Waals surface area contributed by atoms with E-state index >= 15 is 0 Å². The van der Waals surface area contributed by atoms with Gasteiger partial charge in [-0.05, 0) is 57.4 Å². The van der Waals surface area contributed by atoms with Crippen LogP contribution in [0.25, 0.3) is 0 Å². The molecule has 3 amide bonds. The summed E-state index contributed by atoms with van der Waals surface area (Å²) in [6.07, 6.45) is 4.42. The van der Waals surface area contributed by atoms with Crippen LogP contribution in [-0.2, 0) is 23.9 Å². The molecule has 0 aromatic carbocycles. The van der Waals surface area contributed by atoms with Crippen molar-refractivity contribution in [2.45, 2.75) is 82.6 Å². The summed E-state index contributed by atoms with van der Waals surface area (Å²) >= 11 is 16.8. The molecule has 204 valence electrons. The van der Waals surface area contributed by atoms with Gasteiger partial charge in [-0.15, -0.1) is 6.58 Å². The predicted octanol–water partition coefficient (Wildman–Crippen LogP) is 3.69. The number of alkyl halides is 3. The molecular weight excluding hydrogens is 531 g/mol. The number of nitrogens with zero attached hydrogens (tertiary/aromatic N) is 1. The van der Waals surface area contributed by atoms with E-state index in [0.717, 1.165) is 6.42 Å². The second-order valence-corrected chi connectivity index (χ2v) is 12.3. The Morgan fingerprint density at radius 3 is 2.42 bits per heavy atom. The van der Waals surface area contributed by atoms with Crippen LogP contribution >= 0.6 is 34.8 Å². The van der Waals surface area contributed by atoms with Crippen molar-refractivity contribution in [2.24, 2.45) is 5.41 Å². The highest BCUT2D eigenvalue weighted by Gasteiger charge is 2.33. The summed E-state index contributed by atoms with van der Waals surface area (Å²) in [6.45, 7) is 12.7. The number of rotatable bonds is 11. The predicted molar refractivity (Wildman–Crippen MR) is 141 cm³/mol. The molecule has 9 nitrogen and oxygen atoms in total. The first kappa shape index (κ1) is 32.2. The van der Waals surface area contributed by atoms with Crippen LogP contribution in [0.1, 0.15) is 66.7 Å². The Hall–Kier alpha value is -1.81.